The summed E-state index contributed by atoms with van der Waals surface area (Å²) in [5, 5.41) is 7.02. The Hall–Kier alpha value is -1.70. The molecule has 0 unspecified atom stereocenters. The Balaban J connectivity index is 2.09. The number of carbonyl (C=O) groups excluding carboxylic acids is 1. The highest BCUT2D eigenvalue weighted by Gasteiger charge is 2.18. The van der Waals surface area contributed by atoms with E-state index in [1.54, 1.807) is 35.4 Å². The van der Waals surface area contributed by atoms with Crippen LogP contribution in [0.5, 0.6) is 0 Å². The van der Waals surface area contributed by atoms with Gasteiger partial charge in [-0.15, -0.1) is 11.3 Å². The molecule has 0 saturated carbocycles. The normalized spacial score (nSPS) is 12.9. The van der Waals surface area contributed by atoms with Crippen LogP contribution in [-0.2, 0) is 21.2 Å². The number of nitrogens with two attached hydrogens (primary N) is 1. The Bertz CT molecular complexity index is 738. The zero-order chi connectivity index (χ0) is 16.3. The van der Waals surface area contributed by atoms with Gasteiger partial charge in [0.05, 0.1) is 17.4 Å². The van der Waals surface area contributed by atoms with E-state index in [2.05, 4.69) is 0 Å². The van der Waals surface area contributed by atoms with Gasteiger partial charge in [-0.1, -0.05) is 18.2 Å². The van der Waals surface area contributed by atoms with Gasteiger partial charge in [-0.2, -0.15) is 0 Å². The summed E-state index contributed by atoms with van der Waals surface area (Å²) in [6.45, 7) is 1.90. The van der Waals surface area contributed by atoms with Gasteiger partial charge in [-0.25, -0.2) is 13.6 Å². The number of sulfonamides is 1. The van der Waals surface area contributed by atoms with Crippen LogP contribution in [0.15, 0.2) is 46.7 Å². The molecule has 118 valence electrons. The molecule has 0 saturated heterocycles. The minimum atomic E-state index is -3.70. The van der Waals surface area contributed by atoms with Crippen LogP contribution < -0.4 is 5.14 Å². The molecule has 0 aliphatic carbocycles. The lowest BCUT2D eigenvalue weighted by Crippen LogP contribution is -2.30. The lowest BCUT2D eigenvalue weighted by Gasteiger charge is -2.25. The van der Waals surface area contributed by atoms with Crippen LogP contribution in [-0.4, -0.2) is 26.3 Å². The highest BCUT2D eigenvalue weighted by molar-refractivity contribution is 7.89. The number of thiophene rings is 1. The Morgan fingerprint density at radius 1 is 1.27 bits per heavy atom. The highest BCUT2D eigenvalue weighted by atomic mass is 32.2. The molecule has 0 aliphatic heterocycles. The maximum absolute atomic E-state index is 12.3. The zero-order valence-electron chi connectivity index (χ0n) is 12.4. The maximum Gasteiger partial charge on any atom is 0.238 e. The van der Waals surface area contributed by atoms with E-state index in [9.17, 15) is 13.2 Å². The van der Waals surface area contributed by atoms with E-state index in [-0.39, 0.29) is 16.8 Å². The van der Waals surface area contributed by atoms with Gasteiger partial charge in [-0.05, 0) is 36.1 Å². The molecular weight excluding hydrogens is 320 g/mol. The number of hydrogen-bond acceptors (Lipinski definition) is 4. The first-order valence-corrected chi connectivity index (χ1v) is 9.12. The number of nitrogens with zero attached hydrogens (tertiary/aromatic N) is 1. The van der Waals surface area contributed by atoms with Gasteiger partial charge in [0.2, 0.25) is 15.9 Å². The molecule has 1 atom stereocenters. The molecule has 7 heteroatoms. The van der Waals surface area contributed by atoms with Crippen LogP contribution in [0.1, 0.15) is 23.4 Å². The van der Waals surface area contributed by atoms with Crippen molar-refractivity contribution < 1.29 is 13.2 Å². The molecule has 1 aromatic heterocycles. The molecule has 0 aliphatic rings. The van der Waals surface area contributed by atoms with Crippen LogP contribution in [0.3, 0.4) is 0 Å². The van der Waals surface area contributed by atoms with Crippen molar-refractivity contribution in [2.45, 2.75) is 24.3 Å². The molecule has 1 amide bonds. The first-order valence-electron chi connectivity index (χ1n) is 6.70. The first kappa shape index (κ1) is 16.7. The summed E-state index contributed by atoms with van der Waals surface area (Å²) in [5.74, 6) is 0.0190. The summed E-state index contributed by atoms with van der Waals surface area (Å²) in [7, 11) is -1.95. The standard InChI is InChI=1S/C15H18N2O3S2/c1-11(12-5-7-14(8-6-12)22(16,19)20)17(2)15(18)10-13-4-3-9-21-13/h3-9,11H,10H2,1-2H3,(H2,16,19,20)/t11-/m0/s1. The number of likely N-dealkylation sites (N-methyl/N-ethyl adjacent to an activating group) is 1. The minimum absolute atomic E-state index is 0.0190. The molecule has 1 aromatic carbocycles. The van der Waals surface area contributed by atoms with Gasteiger partial charge in [0.25, 0.3) is 0 Å². The van der Waals surface area contributed by atoms with Crippen molar-refractivity contribution in [3.05, 3.63) is 52.2 Å². The van der Waals surface area contributed by atoms with Gasteiger partial charge >= 0.3 is 0 Å². The van der Waals surface area contributed by atoms with E-state index < -0.39 is 10.0 Å². The fourth-order valence-electron chi connectivity index (χ4n) is 2.06. The van der Waals surface area contributed by atoms with Crippen LogP contribution in [0, 0.1) is 0 Å². The van der Waals surface area contributed by atoms with Crippen molar-refractivity contribution in [2.75, 3.05) is 7.05 Å². The van der Waals surface area contributed by atoms with Crippen LogP contribution >= 0.6 is 11.3 Å². The third-order valence-electron chi connectivity index (χ3n) is 3.57. The van der Waals surface area contributed by atoms with E-state index in [4.69, 9.17) is 5.14 Å². The predicted octanol–water partition coefficient (Wildman–Crippen LogP) is 2.16. The lowest BCUT2D eigenvalue weighted by molar-refractivity contribution is -0.131. The first-order chi connectivity index (χ1) is 10.3. The van der Waals surface area contributed by atoms with Crippen molar-refractivity contribution in [3.63, 3.8) is 0 Å². The molecule has 0 spiro atoms. The Labute approximate surface area is 134 Å². The molecule has 2 rings (SSSR count). The molecule has 5 nitrogen and oxygen atoms in total. The number of hydrogen-bond donors (Lipinski definition) is 1. The molecule has 22 heavy (non-hydrogen) atoms. The summed E-state index contributed by atoms with van der Waals surface area (Å²) < 4.78 is 22.5. The largest absolute Gasteiger partial charge is 0.339 e. The van der Waals surface area contributed by atoms with Gasteiger partial charge in [-0.3, -0.25) is 4.79 Å². The Kier molecular flexibility index (Phi) is 5.00. The number of benzene rings is 1. The van der Waals surface area contributed by atoms with E-state index in [0.29, 0.717) is 6.42 Å². The van der Waals surface area contributed by atoms with E-state index in [1.165, 1.54) is 12.1 Å². The average Bonchev–Trinajstić information content (AvgIpc) is 2.97. The molecule has 2 N–H and O–H groups in total. The van der Waals surface area contributed by atoms with Crippen molar-refractivity contribution in [1.82, 2.24) is 4.90 Å². The van der Waals surface area contributed by atoms with Crippen molar-refractivity contribution in [1.29, 1.82) is 0 Å². The smallest absolute Gasteiger partial charge is 0.238 e. The molecule has 0 bridgehead atoms. The number of carbonyl (C=O) groups is 1. The van der Waals surface area contributed by atoms with Crippen LogP contribution in [0.25, 0.3) is 0 Å². The Morgan fingerprint density at radius 3 is 2.41 bits per heavy atom. The topological polar surface area (TPSA) is 80.5 Å². The zero-order valence-corrected chi connectivity index (χ0v) is 14.0. The number of amides is 1. The summed E-state index contributed by atoms with van der Waals surface area (Å²) in [5.41, 5.74) is 0.856. The average molecular weight is 338 g/mol. The molecule has 0 fully saturated rings. The SMILES string of the molecule is C[C@@H](c1ccc(S(N)(=O)=O)cc1)N(C)C(=O)Cc1cccs1. The highest BCUT2D eigenvalue weighted by Crippen LogP contribution is 2.21. The molecule has 2 aromatic rings. The number of rotatable bonds is 5. The van der Waals surface area contributed by atoms with Gasteiger partial charge in [0, 0.05) is 11.9 Å². The van der Waals surface area contributed by atoms with Crippen LogP contribution in [0.2, 0.25) is 0 Å². The monoisotopic (exact) mass is 338 g/mol. The maximum atomic E-state index is 12.3. The van der Waals surface area contributed by atoms with Gasteiger partial charge in [0.15, 0.2) is 0 Å². The van der Waals surface area contributed by atoms with Crippen molar-refractivity contribution >= 4 is 27.3 Å². The molecule has 0 radical (unpaired) electrons. The second kappa shape index (κ2) is 6.60. The van der Waals surface area contributed by atoms with E-state index >= 15 is 0 Å². The lowest BCUT2D eigenvalue weighted by atomic mass is 10.1. The summed E-state index contributed by atoms with van der Waals surface area (Å²) in [4.78, 5) is 15.0. The minimum Gasteiger partial charge on any atom is -0.339 e. The van der Waals surface area contributed by atoms with Gasteiger partial charge in [0.1, 0.15) is 0 Å². The van der Waals surface area contributed by atoms with Gasteiger partial charge < -0.3 is 4.90 Å². The van der Waals surface area contributed by atoms with Crippen LogP contribution in [0.4, 0.5) is 0 Å². The summed E-state index contributed by atoms with van der Waals surface area (Å²) >= 11 is 1.55. The third-order valence-corrected chi connectivity index (χ3v) is 5.38. The fourth-order valence-corrected chi connectivity index (χ4v) is 3.27. The molecule has 1 heterocycles. The quantitative estimate of drug-likeness (QED) is 0.907. The second-order valence-corrected chi connectivity index (χ2v) is 7.64. The van der Waals surface area contributed by atoms with E-state index in [1.807, 2.05) is 24.4 Å². The van der Waals surface area contributed by atoms with E-state index in [0.717, 1.165) is 10.4 Å². The summed E-state index contributed by atoms with van der Waals surface area (Å²) in [6, 6.07) is 9.97. The third kappa shape index (κ3) is 3.94. The predicted molar refractivity (Wildman–Crippen MR) is 87.0 cm³/mol. The molecular formula is C15H18N2O3S2. The van der Waals surface area contributed by atoms with Crippen molar-refractivity contribution in [2.24, 2.45) is 5.14 Å². The summed E-state index contributed by atoms with van der Waals surface area (Å²) in [6.07, 6.45) is 0.369. The Morgan fingerprint density at radius 2 is 1.91 bits per heavy atom. The van der Waals surface area contributed by atoms with Crippen molar-refractivity contribution in [3.8, 4) is 0 Å². The number of primary sulfonamides is 1. The fraction of sp³-hybridized carbons (Fsp3) is 0.267. The second-order valence-electron chi connectivity index (χ2n) is 5.05.